The molecule has 0 amide bonds. The van der Waals surface area contributed by atoms with Gasteiger partial charge in [-0.15, -0.1) is 0 Å². The van der Waals surface area contributed by atoms with Crippen molar-refractivity contribution in [1.29, 1.82) is 0 Å². The minimum absolute atomic E-state index is 0.463. The second-order valence-electron chi connectivity index (χ2n) is 2.65. The van der Waals surface area contributed by atoms with Crippen LogP contribution in [0.5, 0.6) is 0 Å². The molecule has 0 bridgehead atoms. The summed E-state index contributed by atoms with van der Waals surface area (Å²) in [6, 6.07) is 0.463. The Morgan fingerprint density at radius 1 is 1.70 bits per heavy atom. The van der Waals surface area contributed by atoms with Crippen molar-refractivity contribution in [2.45, 2.75) is 19.4 Å². The molecule has 10 heavy (non-hydrogen) atoms. The second-order valence-corrected chi connectivity index (χ2v) is 2.65. The maximum atomic E-state index is 4.33. The van der Waals surface area contributed by atoms with Gasteiger partial charge in [0.15, 0.2) is 0 Å². The third kappa shape index (κ3) is 0.764. The van der Waals surface area contributed by atoms with Gasteiger partial charge in [0.25, 0.3) is 0 Å². The summed E-state index contributed by atoms with van der Waals surface area (Å²) < 4.78 is 0. The van der Waals surface area contributed by atoms with Crippen LogP contribution in [0.2, 0.25) is 0 Å². The monoisotopic (exact) mass is 134 g/mol. The highest BCUT2D eigenvalue weighted by molar-refractivity contribution is 5.84. The van der Waals surface area contributed by atoms with Gasteiger partial charge in [-0.25, -0.2) is 4.99 Å². The van der Waals surface area contributed by atoms with Gasteiger partial charge in [-0.05, 0) is 19.4 Å². The van der Waals surface area contributed by atoms with E-state index in [0.29, 0.717) is 6.04 Å². The Morgan fingerprint density at radius 2 is 2.60 bits per heavy atom. The first-order chi connectivity index (χ1) is 4.86. The van der Waals surface area contributed by atoms with Crippen LogP contribution in [0.4, 0.5) is 0 Å². The lowest BCUT2D eigenvalue weighted by atomic mass is 10.1. The van der Waals surface area contributed by atoms with Gasteiger partial charge in [0, 0.05) is 0 Å². The lowest BCUT2D eigenvalue weighted by Gasteiger charge is -2.11. The van der Waals surface area contributed by atoms with Crippen molar-refractivity contribution < 1.29 is 0 Å². The smallest absolute Gasteiger partial charge is 0.0993 e. The fraction of sp³-hybridized carbons (Fsp3) is 0.375. The molecule has 0 aromatic carbocycles. The van der Waals surface area contributed by atoms with Crippen molar-refractivity contribution in [3.8, 4) is 0 Å². The van der Waals surface area contributed by atoms with Crippen LogP contribution in [0.15, 0.2) is 28.9 Å². The Kier molecular flexibility index (Phi) is 1.13. The largest absolute Gasteiger partial charge is 0.365 e. The Bertz CT molecular complexity index is 236. The predicted octanol–water partition coefficient (Wildman–Crippen LogP) is 1.22. The van der Waals surface area contributed by atoms with Crippen LogP contribution in [0.25, 0.3) is 0 Å². The molecule has 2 nitrogen and oxygen atoms in total. The van der Waals surface area contributed by atoms with Crippen LogP contribution in [0, 0.1) is 0 Å². The van der Waals surface area contributed by atoms with Gasteiger partial charge in [-0.2, -0.15) is 0 Å². The number of amidine groups is 1. The second kappa shape index (κ2) is 1.97. The van der Waals surface area contributed by atoms with Gasteiger partial charge in [-0.3, -0.25) is 0 Å². The van der Waals surface area contributed by atoms with Crippen LogP contribution in [0.3, 0.4) is 0 Å². The van der Waals surface area contributed by atoms with Gasteiger partial charge in [0.2, 0.25) is 0 Å². The highest BCUT2D eigenvalue weighted by Crippen LogP contribution is 2.18. The lowest BCUT2D eigenvalue weighted by molar-refractivity contribution is 0.721. The Labute approximate surface area is 60.3 Å². The van der Waals surface area contributed by atoms with E-state index in [2.05, 4.69) is 28.5 Å². The summed E-state index contributed by atoms with van der Waals surface area (Å²) in [5.41, 5.74) is 1.18. The minimum Gasteiger partial charge on any atom is -0.365 e. The summed E-state index contributed by atoms with van der Waals surface area (Å²) in [6.45, 7) is 2.00. The molecule has 1 heterocycles. The average molecular weight is 134 g/mol. The molecule has 1 N–H and O–H groups in total. The van der Waals surface area contributed by atoms with E-state index in [1.165, 1.54) is 5.70 Å². The van der Waals surface area contributed by atoms with E-state index in [4.69, 9.17) is 0 Å². The molecule has 52 valence electrons. The Balaban J connectivity index is 2.31. The molecule has 0 fully saturated rings. The fourth-order valence-corrected chi connectivity index (χ4v) is 1.34. The zero-order chi connectivity index (χ0) is 6.97. The van der Waals surface area contributed by atoms with E-state index < -0.39 is 0 Å². The zero-order valence-corrected chi connectivity index (χ0v) is 5.96. The third-order valence-electron chi connectivity index (χ3n) is 1.81. The van der Waals surface area contributed by atoms with Crippen LogP contribution >= 0.6 is 0 Å². The standard InChI is InChI=1S/C8H10N2/c1-6-9-7-4-2-3-5-8(7)10-6/h2-4,8H,5H2,1H3,(H,9,10). The van der Waals surface area contributed by atoms with Gasteiger partial charge in [-0.1, -0.05) is 12.2 Å². The van der Waals surface area contributed by atoms with E-state index in [9.17, 15) is 0 Å². The summed E-state index contributed by atoms with van der Waals surface area (Å²) in [6.07, 6.45) is 7.37. The number of nitrogens with one attached hydrogen (secondary N) is 1. The molecular formula is C8H10N2. The Hall–Kier alpha value is -1.05. The first kappa shape index (κ1) is 5.71. The molecule has 1 atom stereocenters. The zero-order valence-electron chi connectivity index (χ0n) is 5.96. The van der Waals surface area contributed by atoms with E-state index in [1.54, 1.807) is 0 Å². The molecule has 0 aromatic heterocycles. The van der Waals surface area contributed by atoms with Crippen LogP contribution < -0.4 is 5.32 Å². The topological polar surface area (TPSA) is 24.4 Å². The van der Waals surface area contributed by atoms with Crippen molar-refractivity contribution in [3.63, 3.8) is 0 Å². The number of aliphatic imine (C=N–C) groups is 1. The van der Waals surface area contributed by atoms with Gasteiger partial charge in [0.1, 0.15) is 0 Å². The average Bonchev–Trinajstić information content (AvgIpc) is 2.27. The van der Waals surface area contributed by atoms with Crippen LogP contribution in [0.1, 0.15) is 13.3 Å². The SMILES string of the molecule is CC1=NC2=CC=CCC2N1. The summed E-state index contributed by atoms with van der Waals surface area (Å²) in [4.78, 5) is 4.33. The molecule has 2 aliphatic rings. The molecule has 2 rings (SSSR count). The molecule has 0 spiro atoms. The molecule has 1 aliphatic carbocycles. The fourth-order valence-electron chi connectivity index (χ4n) is 1.34. The van der Waals surface area contributed by atoms with Gasteiger partial charge in [0.05, 0.1) is 17.6 Å². The van der Waals surface area contributed by atoms with E-state index in [-0.39, 0.29) is 0 Å². The Morgan fingerprint density at radius 3 is 3.40 bits per heavy atom. The number of hydrogen-bond acceptors (Lipinski definition) is 2. The molecule has 1 aliphatic heterocycles. The van der Waals surface area contributed by atoms with Crippen molar-refractivity contribution in [1.82, 2.24) is 5.32 Å². The number of rotatable bonds is 0. The minimum atomic E-state index is 0.463. The molecule has 0 aromatic rings. The molecular weight excluding hydrogens is 124 g/mol. The van der Waals surface area contributed by atoms with Crippen molar-refractivity contribution in [2.24, 2.45) is 4.99 Å². The maximum absolute atomic E-state index is 4.33. The summed E-state index contributed by atoms with van der Waals surface area (Å²) in [5, 5.41) is 3.29. The molecule has 1 unspecified atom stereocenters. The van der Waals surface area contributed by atoms with E-state index in [1.807, 2.05) is 6.92 Å². The number of fused-ring (bicyclic) bond motifs is 1. The maximum Gasteiger partial charge on any atom is 0.0993 e. The van der Waals surface area contributed by atoms with E-state index in [0.717, 1.165) is 12.3 Å². The lowest BCUT2D eigenvalue weighted by Crippen LogP contribution is -2.27. The first-order valence-electron chi connectivity index (χ1n) is 3.55. The normalized spacial score (nSPS) is 28.7. The molecule has 2 heteroatoms. The van der Waals surface area contributed by atoms with Gasteiger partial charge < -0.3 is 5.32 Å². The summed E-state index contributed by atoms with van der Waals surface area (Å²) in [7, 11) is 0. The number of hydrogen-bond donors (Lipinski definition) is 1. The first-order valence-corrected chi connectivity index (χ1v) is 3.55. The van der Waals surface area contributed by atoms with Crippen molar-refractivity contribution in [2.75, 3.05) is 0 Å². The molecule has 0 saturated heterocycles. The van der Waals surface area contributed by atoms with Crippen molar-refractivity contribution >= 4 is 5.84 Å². The van der Waals surface area contributed by atoms with E-state index >= 15 is 0 Å². The van der Waals surface area contributed by atoms with Crippen LogP contribution in [-0.2, 0) is 0 Å². The summed E-state index contributed by atoms with van der Waals surface area (Å²) in [5.74, 6) is 1.04. The quantitative estimate of drug-likeness (QED) is 0.529. The highest BCUT2D eigenvalue weighted by atomic mass is 15.1. The number of nitrogens with zero attached hydrogens (tertiary/aromatic N) is 1. The van der Waals surface area contributed by atoms with Crippen molar-refractivity contribution in [3.05, 3.63) is 23.9 Å². The summed E-state index contributed by atoms with van der Waals surface area (Å²) >= 11 is 0. The highest BCUT2D eigenvalue weighted by Gasteiger charge is 2.19. The molecule has 0 radical (unpaired) electrons. The third-order valence-corrected chi connectivity index (χ3v) is 1.81. The number of allylic oxidation sites excluding steroid dienone is 2. The van der Waals surface area contributed by atoms with Gasteiger partial charge >= 0.3 is 0 Å². The van der Waals surface area contributed by atoms with Crippen LogP contribution in [-0.4, -0.2) is 11.9 Å². The predicted molar refractivity (Wildman–Crippen MR) is 41.9 cm³/mol. The molecule has 0 saturated carbocycles.